The molecule has 0 bridgehead atoms. The summed E-state index contributed by atoms with van der Waals surface area (Å²) in [5, 5.41) is 2.68. The lowest BCUT2D eigenvalue weighted by Gasteiger charge is -2.30. The van der Waals surface area contributed by atoms with Crippen molar-refractivity contribution in [1.82, 2.24) is 15.3 Å². The van der Waals surface area contributed by atoms with Gasteiger partial charge in [-0.1, -0.05) is 18.2 Å². The molecule has 0 atom stereocenters. The predicted molar refractivity (Wildman–Crippen MR) is 124 cm³/mol. The number of aliphatic imine (C=N–C) groups is 1. The Bertz CT molecular complexity index is 1270. The average molecular weight is 450 g/mol. The Morgan fingerprint density at radius 2 is 1.85 bits per heavy atom. The minimum absolute atomic E-state index is 0.0308. The molecule has 2 heterocycles. The van der Waals surface area contributed by atoms with Gasteiger partial charge < -0.3 is 11.1 Å². The summed E-state index contributed by atoms with van der Waals surface area (Å²) in [6.45, 7) is 7.57. The summed E-state index contributed by atoms with van der Waals surface area (Å²) in [4.78, 5) is 27.1. The van der Waals surface area contributed by atoms with Crippen LogP contribution in [0.25, 0.3) is 11.3 Å². The van der Waals surface area contributed by atoms with Gasteiger partial charge in [-0.2, -0.15) is 0 Å². The molecular weight excluding hydrogens is 426 g/mol. The number of halogens is 2. The van der Waals surface area contributed by atoms with Crippen LogP contribution in [0.2, 0.25) is 0 Å². The second-order valence-electron chi connectivity index (χ2n) is 8.12. The number of nitrogens with zero attached hydrogens (tertiary/aromatic N) is 4. The summed E-state index contributed by atoms with van der Waals surface area (Å²) in [6, 6.07) is 8.46. The smallest absolute Gasteiger partial charge is 0.328 e. The standard InChI is InChI=1S/C24H24F2N6O/c1-12(2)29-22(27)15-9-8-13(3)16(10-15)20-17-11-28-24(33)32(23(17)31-14(4)30-20)21-18(25)6-5-7-19(21)26/h5-10,12H,11H2,1-4H3,(H2,27,29)(H,28,33). The van der Waals surface area contributed by atoms with Crippen molar-refractivity contribution in [3.05, 3.63) is 70.5 Å². The van der Waals surface area contributed by atoms with Crippen LogP contribution in [0, 0.1) is 25.5 Å². The van der Waals surface area contributed by atoms with E-state index < -0.39 is 23.4 Å². The number of carbonyl (C=O) groups is 1. The molecule has 1 aliphatic rings. The Hall–Kier alpha value is -3.88. The van der Waals surface area contributed by atoms with Crippen molar-refractivity contribution in [2.75, 3.05) is 4.90 Å². The molecule has 170 valence electrons. The second-order valence-corrected chi connectivity index (χ2v) is 8.12. The number of urea groups is 1. The number of hydrogen-bond acceptors (Lipinski definition) is 4. The Kier molecular flexibility index (Phi) is 5.80. The lowest BCUT2D eigenvalue weighted by atomic mass is 9.97. The maximum absolute atomic E-state index is 14.6. The molecule has 0 unspecified atom stereocenters. The van der Waals surface area contributed by atoms with Crippen molar-refractivity contribution in [3.8, 4) is 11.3 Å². The molecule has 3 aromatic rings. The van der Waals surface area contributed by atoms with Gasteiger partial charge in [-0.05, 0) is 51.5 Å². The SMILES string of the molecule is Cc1nc(-c2cc(C(N)=NC(C)C)ccc2C)c2c(n1)N(c1c(F)cccc1F)C(=O)NC2. The fraction of sp³-hybridized carbons (Fsp3) is 0.250. The zero-order valence-corrected chi connectivity index (χ0v) is 18.8. The summed E-state index contributed by atoms with van der Waals surface area (Å²) in [7, 11) is 0. The van der Waals surface area contributed by atoms with Gasteiger partial charge in [0.05, 0.1) is 12.2 Å². The van der Waals surface area contributed by atoms with Gasteiger partial charge in [-0.25, -0.2) is 28.4 Å². The fourth-order valence-electron chi connectivity index (χ4n) is 3.79. The first-order valence-electron chi connectivity index (χ1n) is 10.5. The van der Waals surface area contributed by atoms with E-state index >= 15 is 0 Å². The third-order valence-electron chi connectivity index (χ3n) is 5.28. The topological polar surface area (TPSA) is 96.5 Å². The van der Waals surface area contributed by atoms with E-state index in [2.05, 4.69) is 20.3 Å². The van der Waals surface area contributed by atoms with E-state index in [1.165, 1.54) is 6.07 Å². The predicted octanol–water partition coefficient (Wildman–Crippen LogP) is 4.51. The van der Waals surface area contributed by atoms with E-state index in [1.807, 2.05) is 39.0 Å². The van der Waals surface area contributed by atoms with Crippen LogP contribution in [0.3, 0.4) is 0 Å². The maximum Gasteiger partial charge on any atom is 0.328 e. The van der Waals surface area contributed by atoms with E-state index in [0.717, 1.165) is 33.7 Å². The molecule has 7 nitrogen and oxygen atoms in total. The number of nitrogens with one attached hydrogen (secondary N) is 1. The van der Waals surface area contributed by atoms with Crippen molar-refractivity contribution in [2.24, 2.45) is 10.7 Å². The lowest BCUT2D eigenvalue weighted by molar-refractivity contribution is 0.246. The van der Waals surface area contributed by atoms with Crippen LogP contribution < -0.4 is 16.0 Å². The van der Waals surface area contributed by atoms with E-state index in [9.17, 15) is 13.6 Å². The first-order chi connectivity index (χ1) is 15.7. The third kappa shape index (κ3) is 4.13. The van der Waals surface area contributed by atoms with Gasteiger partial charge in [0.15, 0.2) is 5.82 Å². The van der Waals surface area contributed by atoms with Crippen LogP contribution in [0.4, 0.5) is 25.1 Å². The number of aryl methyl sites for hydroxylation is 2. The number of amides is 2. The lowest BCUT2D eigenvalue weighted by Crippen LogP contribution is -2.43. The molecule has 3 N–H and O–H groups in total. The molecule has 4 rings (SSSR count). The van der Waals surface area contributed by atoms with Gasteiger partial charge in [0.1, 0.15) is 29.0 Å². The Balaban J connectivity index is 1.94. The van der Waals surface area contributed by atoms with E-state index in [4.69, 9.17) is 5.73 Å². The third-order valence-corrected chi connectivity index (χ3v) is 5.28. The number of hydrogen-bond donors (Lipinski definition) is 2. The number of fused-ring (bicyclic) bond motifs is 1. The zero-order chi connectivity index (χ0) is 23.9. The molecule has 1 aromatic heterocycles. The minimum Gasteiger partial charge on any atom is -0.383 e. The highest BCUT2D eigenvalue weighted by Crippen LogP contribution is 2.38. The second kappa shape index (κ2) is 8.57. The largest absolute Gasteiger partial charge is 0.383 e. The molecule has 2 aromatic carbocycles. The Labute approximate surface area is 190 Å². The number of nitrogens with two attached hydrogens (primary N) is 1. The molecule has 0 saturated carbocycles. The summed E-state index contributed by atoms with van der Waals surface area (Å²) >= 11 is 0. The normalized spacial score (nSPS) is 13.8. The zero-order valence-electron chi connectivity index (χ0n) is 18.8. The summed E-state index contributed by atoms with van der Waals surface area (Å²) in [5.41, 5.74) is 9.19. The molecule has 1 aliphatic heterocycles. The number of para-hydroxylation sites is 1. The van der Waals surface area contributed by atoms with E-state index in [-0.39, 0.29) is 18.4 Å². The quantitative estimate of drug-likeness (QED) is 0.451. The van der Waals surface area contributed by atoms with Crippen LogP contribution in [0.1, 0.15) is 36.4 Å². The molecule has 0 radical (unpaired) electrons. The molecule has 2 amide bonds. The van der Waals surface area contributed by atoms with Crippen LogP contribution >= 0.6 is 0 Å². The fourth-order valence-corrected chi connectivity index (χ4v) is 3.79. The van der Waals surface area contributed by atoms with Crippen molar-refractivity contribution >= 4 is 23.4 Å². The van der Waals surface area contributed by atoms with E-state index in [1.54, 1.807) is 6.92 Å². The summed E-state index contributed by atoms with van der Waals surface area (Å²) in [5.74, 6) is -0.847. The number of rotatable bonds is 4. The Morgan fingerprint density at radius 3 is 2.52 bits per heavy atom. The van der Waals surface area contributed by atoms with Gasteiger partial charge in [-0.15, -0.1) is 0 Å². The molecule has 33 heavy (non-hydrogen) atoms. The summed E-state index contributed by atoms with van der Waals surface area (Å²) < 4.78 is 29.2. The van der Waals surface area contributed by atoms with Gasteiger partial charge in [0, 0.05) is 22.7 Å². The number of amidine groups is 1. The number of aromatic nitrogens is 2. The molecular formula is C24H24F2N6O. The first-order valence-corrected chi connectivity index (χ1v) is 10.5. The van der Waals surface area contributed by atoms with Gasteiger partial charge in [0.2, 0.25) is 0 Å². The molecule has 0 saturated heterocycles. The van der Waals surface area contributed by atoms with E-state index in [0.29, 0.717) is 22.9 Å². The van der Waals surface area contributed by atoms with Crippen LogP contribution in [-0.4, -0.2) is 27.9 Å². The molecule has 0 aliphatic carbocycles. The monoisotopic (exact) mass is 450 g/mol. The van der Waals surface area contributed by atoms with Crippen molar-refractivity contribution < 1.29 is 13.6 Å². The van der Waals surface area contributed by atoms with Crippen LogP contribution in [-0.2, 0) is 6.54 Å². The Morgan fingerprint density at radius 1 is 1.15 bits per heavy atom. The number of benzene rings is 2. The molecule has 0 fully saturated rings. The molecule has 9 heteroatoms. The van der Waals surface area contributed by atoms with Gasteiger partial charge in [0.25, 0.3) is 0 Å². The van der Waals surface area contributed by atoms with Gasteiger partial charge in [-0.3, -0.25) is 4.99 Å². The highest BCUT2D eigenvalue weighted by Gasteiger charge is 2.33. The van der Waals surface area contributed by atoms with Crippen molar-refractivity contribution in [2.45, 2.75) is 40.3 Å². The van der Waals surface area contributed by atoms with Gasteiger partial charge >= 0.3 is 6.03 Å². The maximum atomic E-state index is 14.6. The molecule has 0 spiro atoms. The minimum atomic E-state index is -0.869. The highest BCUT2D eigenvalue weighted by atomic mass is 19.1. The number of carbonyl (C=O) groups excluding carboxylic acids is 1. The first kappa shape index (κ1) is 22.3. The number of anilines is 2. The van der Waals surface area contributed by atoms with Crippen LogP contribution in [0.5, 0.6) is 0 Å². The average Bonchev–Trinajstić information content (AvgIpc) is 2.74. The van der Waals surface area contributed by atoms with Crippen molar-refractivity contribution in [3.63, 3.8) is 0 Å². The highest BCUT2D eigenvalue weighted by molar-refractivity contribution is 6.02. The summed E-state index contributed by atoms with van der Waals surface area (Å²) in [6.07, 6.45) is 0. The van der Waals surface area contributed by atoms with Crippen molar-refractivity contribution in [1.29, 1.82) is 0 Å². The van der Waals surface area contributed by atoms with Crippen LogP contribution in [0.15, 0.2) is 41.4 Å².